The van der Waals surface area contributed by atoms with Crippen molar-refractivity contribution in [2.75, 3.05) is 11.9 Å². The van der Waals surface area contributed by atoms with Gasteiger partial charge in [0.1, 0.15) is 5.69 Å². The van der Waals surface area contributed by atoms with Crippen molar-refractivity contribution in [3.63, 3.8) is 0 Å². The Bertz CT molecular complexity index is 425. The number of rotatable bonds is 3. The van der Waals surface area contributed by atoms with Gasteiger partial charge in [-0.05, 0) is 18.8 Å². The number of nitrogens with one attached hydrogen (secondary N) is 1. The predicted molar refractivity (Wildman–Crippen MR) is 56.7 cm³/mol. The molecule has 0 aromatic heterocycles. The quantitative estimate of drug-likeness (QED) is 0.495. The molecule has 0 amide bonds. The van der Waals surface area contributed by atoms with Gasteiger partial charge >= 0.3 is 0 Å². The first kappa shape index (κ1) is 13.1. The monoisotopic (exact) mass is 265 g/mol. The largest absolute Gasteiger partial charge is 0.380 e. The molecule has 1 aliphatic rings. The summed E-state index contributed by atoms with van der Waals surface area (Å²) in [5, 5.41) is 2.34. The Kier molecular flexibility index (Phi) is 3.73. The Morgan fingerprint density at radius 3 is 1.72 bits per heavy atom. The fraction of sp³-hybridized carbons (Fsp3) is 0.500. The van der Waals surface area contributed by atoms with Crippen LogP contribution in [0.1, 0.15) is 25.7 Å². The normalized spacial score (nSPS) is 16.3. The van der Waals surface area contributed by atoms with Crippen LogP contribution in [-0.2, 0) is 0 Å². The van der Waals surface area contributed by atoms with E-state index >= 15 is 0 Å². The molecule has 1 fully saturated rings. The lowest BCUT2D eigenvalue weighted by molar-refractivity contribution is 0.381. The minimum absolute atomic E-state index is 0.221. The maximum Gasteiger partial charge on any atom is 0.200 e. The molecule has 0 saturated heterocycles. The fourth-order valence-corrected chi connectivity index (χ4v) is 2.22. The highest BCUT2D eigenvalue weighted by atomic mass is 19.2. The zero-order valence-corrected chi connectivity index (χ0v) is 9.50. The van der Waals surface area contributed by atoms with Crippen LogP contribution in [0.2, 0.25) is 0 Å². The van der Waals surface area contributed by atoms with Gasteiger partial charge in [-0.25, -0.2) is 22.0 Å². The van der Waals surface area contributed by atoms with E-state index in [0.717, 1.165) is 25.7 Å². The van der Waals surface area contributed by atoms with Gasteiger partial charge in [0.05, 0.1) is 0 Å². The van der Waals surface area contributed by atoms with E-state index in [2.05, 4.69) is 5.32 Å². The van der Waals surface area contributed by atoms with Crippen molar-refractivity contribution in [1.29, 1.82) is 0 Å². The van der Waals surface area contributed by atoms with Crippen LogP contribution in [0.5, 0.6) is 0 Å². The SMILES string of the molecule is Fc1c(F)c(F)c(NCC2CCCC2)c(F)c1F. The topological polar surface area (TPSA) is 12.0 Å². The molecule has 6 heteroatoms. The molecular weight excluding hydrogens is 253 g/mol. The van der Waals surface area contributed by atoms with Crippen molar-refractivity contribution in [3.8, 4) is 0 Å². The van der Waals surface area contributed by atoms with Crippen LogP contribution in [0.15, 0.2) is 0 Å². The van der Waals surface area contributed by atoms with Crippen LogP contribution in [0.3, 0.4) is 0 Å². The summed E-state index contributed by atoms with van der Waals surface area (Å²) in [6.07, 6.45) is 3.87. The zero-order valence-electron chi connectivity index (χ0n) is 9.50. The summed E-state index contributed by atoms with van der Waals surface area (Å²) in [4.78, 5) is 0. The molecule has 18 heavy (non-hydrogen) atoms. The van der Waals surface area contributed by atoms with Crippen LogP contribution in [0.4, 0.5) is 27.6 Å². The summed E-state index contributed by atoms with van der Waals surface area (Å²) in [6.45, 7) is 0.221. The molecule has 0 bridgehead atoms. The van der Waals surface area contributed by atoms with E-state index < -0.39 is 34.8 Å². The maximum absolute atomic E-state index is 13.3. The smallest absolute Gasteiger partial charge is 0.200 e. The van der Waals surface area contributed by atoms with Crippen molar-refractivity contribution in [2.24, 2.45) is 5.92 Å². The van der Waals surface area contributed by atoms with Crippen molar-refractivity contribution >= 4 is 5.69 Å². The second-order valence-electron chi connectivity index (χ2n) is 4.48. The summed E-state index contributed by atoms with van der Waals surface area (Å²) in [5.74, 6) is -9.34. The van der Waals surface area contributed by atoms with Gasteiger partial charge in [-0.2, -0.15) is 0 Å². The van der Waals surface area contributed by atoms with Crippen molar-refractivity contribution in [2.45, 2.75) is 25.7 Å². The molecule has 1 aromatic rings. The van der Waals surface area contributed by atoms with E-state index in [1.54, 1.807) is 0 Å². The van der Waals surface area contributed by atoms with Crippen molar-refractivity contribution in [1.82, 2.24) is 0 Å². The Morgan fingerprint density at radius 2 is 1.22 bits per heavy atom. The molecule has 0 radical (unpaired) electrons. The average molecular weight is 265 g/mol. The van der Waals surface area contributed by atoms with Crippen LogP contribution in [0.25, 0.3) is 0 Å². The van der Waals surface area contributed by atoms with E-state index in [0.29, 0.717) is 0 Å². The molecular formula is C12H12F5N. The summed E-state index contributed by atoms with van der Waals surface area (Å²) in [7, 11) is 0. The molecule has 1 aliphatic carbocycles. The van der Waals surface area contributed by atoms with Gasteiger partial charge in [0.15, 0.2) is 23.3 Å². The van der Waals surface area contributed by atoms with Gasteiger partial charge in [-0.1, -0.05) is 12.8 Å². The molecule has 0 spiro atoms. The summed E-state index contributed by atoms with van der Waals surface area (Å²) >= 11 is 0. The Balaban J connectivity index is 2.21. The summed E-state index contributed by atoms with van der Waals surface area (Å²) < 4.78 is 65.2. The van der Waals surface area contributed by atoms with Gasteiger partial charge in [-0.3, -0.25) is 0 Å². The molecule has 100 valence electrons. The fourth-order valence-electron chi connectivity index (χ4n) is 2.22. The highest BCUT2D eigenvalue weighted by Crippen LogP contribution is 2.29. The Hall–Kier alpha value is -1.33. The molecule has 1 saturated carbocycles. The molecule has 1 N–H and O–H groups in total. The second-order valence-corrected chi connectivity index (χ2v) is 4.48. The molecule has 0 aliphatic heterocycles. The van der Waals surface area contributed by atoms with Gasteiger partial charge in [0.25, 0.3) is 0 Å². The lowest BCUT2D eigenvalue weighted by atomic mass is 10.1. The van der Waals surface area contributed by atoms with Crippen LogP contribution in [0, 0.1) is 35.0 Å². The minimum Gasteiger partial charge on any atom is -0.380 e. The van der Waals surface area contributed by atoms with E-state index in [4.69, 9.17) is 0 Å². The molecule has 1 aromatic carbocycles. The number of hydrogen-bond acceptors (Lipinski definition) is 1. The standard InChI is InChI=1S/C12H12F5N/c13-7-8(14)10(16)12(11(17)9(7)15)18-5-6-3-1-2-4-6/h6,18H,1-5H2. The van der Waals surface area contributed by atoms with Crippen molar-refractivity contribution in [3.05, 3.63) is 29.1 Å². The maximum atomic E-state index is 13.3. The van der Waals surface area contributed by atoms with E-state index in [1.807, 2.05) is 0 Å². The number of hydrogen-bond donors (Lipinski definition) is 1. The Morgan fingerprint density at radius 1 is 0.778 bits per heavy atom. The molecule has 0 unspecified atom stereocenters. The van der Waals surface area contributed by atoms with E-state index in [9.17, 15) is 22.0 Å². The first-order valence-electron chi connectivity index (χ1n) is 5.77. The highest BCUT2D eigenvalue weighted by molar-refractivity contribution is 5.47. The first-order valence-corrected chi connectivity index (χ1v) is 5.77. The summed E-state index contributed by atoms with van der Waals surface area (Å²) in [5.41, 5.74) is -0.932. The molecule has 0 heterocycles. The lowest BCUT2D eigenvalue weighted by Gasteiger charge is -2.14. The van der Waals surface area contributed by atoms with Crippen LogP contribution in [-0.4, -0.2) is 6.54 Å². The minimum atomic E-state index is -2.13. The van der Waals surface area contributed by atoms with Crippen LogP contribution < -0.4 is 5.32 Å². The van der Waals surface area contributed by atoms with Gasteiger partial charge in [0, 0.05) is 6.54 Å². The Labute approximate surface area is 101 Å². The third-order valence-electron chi connectivity index (χ3n) is 3.25. The second kappa shape index (κ2) is 5.12. The zero-order chi connectivity index (χ0) is 13.3. The average Bonchev–Trinajstić information content (AvgIpc) is 2.87. The summed E-state index contributed by atoms with van der Waals surface area (Å²) in [6, 6.07) is 0. The number of benzene rings is 1. The predicted octanol–water partition coefficient (Wildman–Crippen LogP) is 3.98. The number of halogens is 5. The molecule has 2 rings (SSSR count). The van der Waals surface area contributed by atoms with Gasteiger partial charge in [0.2, 0.25) is 5.82 Å². The van der Waals surface area contributed by atoms with Crippen molar-refractivity contribution < 1.29 is 22.0 Å². The van der Waals surface area contributed by atoms with Crippen LogP contribution >= 0.6 is 0 Å². The third-order valence-corrected chi connectivity index (χ3v) is 3.25. The first-order chi connectivity index (χ1) is 8.52. The van der Waals surface area contributed by atoms with Gasteiger partial charge < -0.3 is 5.32 Å². The van der Waals surface area contributed by atoms with E-state index in [-0.39, 0.29) is 12.5 Å². The third kappa shape index (κ3) is 2.28. The number of anilines is 1. The molecule has 0 atom stereocenters. The van der Waals surface area contributed by atoms with E-state index in [1.165, 1.54) is 0 Å². The lowest BCUT2D eigenvalue weighted by Crippen LogP contribution is -2.15. The molecule has 1 nitrogen and oxygen atoms in total. The van der Waals surface area contributed by atoms with Gasteiger partial charge in [-0.15, -0.1) is 0 Å². The highest BCUT2D eigenvalue weighted by Gasteiger charge is 2.26.